The van der Waals surface area contributed by atoms with Crippen LogP contribution in [0.3, 0.4) is 0 Å². The van der Waals surface area contributed by atoms with Crippen molar-refractivity contribution in [1.29, 1.82) is 0 Å². The van der Waals surface area contributed by atoms with Crippen LogP contribution in [0.25, 0.3) is 0 Å². The second kappa shape index (κ2) is 9.38. The van der Waals surface area contributed by atoms with Crippen molar-refractivity contribution in [2.45, 2.75) is 22.8 Å². The molecule has 0 aromatic heterocycles. The first-order valence-corrected chi connectivity index (χ1v) is 11.1. The molecule has 134 valence electrons. The van der Waals surface area contributed by atoms with E-state index in [1.807, 2.05) is 30.5 Å². The van der Waals surface area contributed by atoms with E-state index in [2.05, 4.69) is 26.0 Å². The summed E-state index contributed by atoms with van der Waals surface area (Å²) in [6, 6.07) is 14.2. The highest BCUT2D eigenvalue weighted by molar-refractivity contribution is 9.10. The highest BCUT2D eigenvalue weighted by atomic mass is 79.9. The molecule has 25 heavy (non-hydrogen) atoms. The Morgan fingerprint density at radius 1 is 1.08 bits per heavy atom. The molecular formula is C17H19BrN2O3S2. The van der Waals surface area contributed by atoms with Gasteiger partial charge in [0.15, 0.2) is 0 Å². The standard InChI is InChI=1S/C17H19BrN2O3S2/c1-24-15-6-2-13(3-7-15)12-19-17(21)10-11-20-25(22,23)16-8-4-14(18)5-9-16/h2-9,20H,10-12H2,1H3,(H,19,21). The Morgan fingerprint density at radius 2 is 1.72 bits per heavy atom. The SMILES string of the molecule is CSc1ccc(CNC(=O)CCNS(=O)(=O)c2ccc(Br)cc2)cc1. The van der Waals surface area contributed by atoms with E-state index in [1.165, 1.54) is 12.1 Å². The minimum atomic E-state index is -3.60. The summed E-state index contributed by atoms with van der Waals surface area (Å²) in [4.78, 5) is 13.2. The van der Waals surface area contributed by atoms with E-state index in [4.69, 9.17) is 0 Å². The molecule has 0 heterocycles. The lowest BCUT2D eigenvalue weighted by Crippen LogP contribution is -2.30. The zero-order valence-electron chi connectivity index (χ0n) is 13.7. The quantitative estimate of drug-likeness (QED) is 0.615. The first-order valence-electron chi connectivity index (χ1n) is 7.55. The topological polar surface area (TPSA) is 75.3 Å². The molecule has 2 aromatic carbocycles. The molecule has 2 rings (SSSR count). The molecular weight excluding hydrogens is 424 g/mol. The van der Waals surface area contributed by atoms with E-state index in [-0.39, 0.29) is 23.8 Å². The minimum absolute atomic E-state index is 0.0512. The summed E-state index contributed by atoms with van der Waals surface area (Å²) in [5, 5.41) is 2.78. The highest BCUT2D eigenvalue weighted by Gasteiger charge is 2.13. The fourth-order valence-electron chi connectivity index (χ4n) is 2.03. The van der Waals surface area contributed by atoms with Gasteiger partial charge in [0.2, 0.25) is 15.9 Å². The molecule has 0 fully saturated rings. The first kappa shape index (κ1) is 20.0. The molecule has 2 N–H and O–H groups in total. The second-order valence-corrected chi connectivity index (χ2v) is 8.79. The maximum Gasteiger partial charge on any atom is 0.240 e. The smallest absolute Gasteiger partial charge is 0.240 e. The van der Waals surface area contributed by atoms with Crippen molar-refractivity contribution in [1.82, 2.24) is 10.0 Å². The third-order valence-electron chi connectivity index (χ3n) is 3.42. The number of benzene rings is 2. The van der Waals surface area contributed by atoms with E-state index in [9.17, 15) is 13.2 Å². The normalized spacial score (nSPS) is 11.3. The lowest BCUT2D eigenvalue weighted by atomic mass is 10.2. The van der Waals surface area contributed by atoms with Crippen LogP contribution in [-0.2, 0) is 21.4 Å². The van der Waals surface area contributed by atoms with Gasteiger partial charge in [-0.25, -0.2) is 13.1 Å². The van der Waals surface area contributed by atoms with E-state index in [0.717, 1.165) is 14.9 Å². The molecule has 8 heteroatoms. The van der Waals surface area contributed by atoms with Crippen molar-refractivity contribution in [3.8, 4) is 0 Å². The molecule has 0 bridgehead atoms. The van der Waals surface area contributed by atoms with Gasteiger partial charge in [-0.1, -0.05) is 28.1 Å². The van der Waals surface area contributed by atoms with E-state index < -0.39 is 10.0 Å². The van der Waals surface area contributed by atoms with Gasteiger partial charge >= 0.3 is 0 Å². The monoisotopic (exact) mass is 442 g/mol. The number of rotatable bonds is 8. The van der Waals surface area contributed by atoms with Gasteiger partial charge in [0.05, 0.1) is 4.90 Å². The summed E-state index contributed by atoms with van der Waals surface area (Å²) in [7, 11) is -3.60. The maximum atomic E-state index is 12.1. The number of thioether (sulfide) groups is 1. The van der Waals surface area contributed by atoms with E-state index >= 15 is 0 Å². The number of amides is 1. The van der Waals surface area contributed by atoms with Crippen LogP contribution in [0.5, 0.6) is 0 Å². The van der Waals surface area contributed by atoms with Crippen LogP contribution in [0.15, 0.2) is 62.8 Å². The summed E-state index contributed by atoms with van der Waals surface area (Å²) < 4.78 is 27.4. The van der Waals surface area contributed by atoms with Gasteiger partial charge in [-0.05, 0) is 48.2 Å². The van der Waals surface area contributed by atoms with Crippen LogP contribution in [0.2, 0.25) is 0 Å². The van der Waals surface area contributed by atoms with Crippen LogP contribution in [0, 0.1) is 0 Å². The lowest BCUT2D eigenvalue weighted by Gasteiger charge is -2.08. The van der Waals surface area contributed by atoms with Gasteiger partial charge in [0.25, 0.3) is 0 Å². The van der Waals surface area contributed by atoms with Gasteiger partial charge < -0.3 is 5.32 Å². The Labute approximate surface area is 160 Å². The largest absolute Gasteiger partial charge is 0.352 e. The van der Waals surface area contributed by atoms with Crippen LogP contribution < -0.4 is 10.0 Å². The van der Waals surface area contributed by atoms with Gasteiger partial charge in [-0.2, -0.15) is 0 Å². The fraction of sp³-hybridized carbons (Fsp3) is 0.235. The first-order chi connectivity index (χ1) is 11.9. The molecule has 0 spiro atoms. The number of hydrogen-bond donors (Lipinski definition) is 2. The van der Waals surface area contributed by atoms with Crippen LogP contribution in [-0.4, -0.2) is 27.1 Å². The summed E-state index contributed by atoms with van der Waals surface area (Å²) in [6.45, 7) is 0.475. The number of sulfonamides is 1. The van der Waals surface area contributed by atoms with Crippen molar-refractivity contribution >= 4 is 43.6 Å². The predicted molar refractivity (Wildman–Crippen MR) is 104 cm³/mol. The molecule has 0 radical (unpaired) electrons. The van der Waals surface area contributed by atoms with E-state index in [1.54, 1.807) is 23.9 Å². The molecule has 5 nitrogen and oxygen atoms in total. The van der Waals surface area contributed by atoms with Crippen LogP contribution in [0.4, 0.5) is 0 Å². The predicted octanol–water partition coefficient (Wildman–Crippen LogP) is 3.16. The van der Waals surface area contributed by atoms with Crippen molar-refractivity contribution in [3.05, 3.63) is 58.6 Å². The molecule has 0 saturated carbocycles. The average molecular weight is 443 g/mol. The molecule has 0 aliphatic carbocycles. The van der Waals surface area contributed by atoms with Gasteiger partial charge in [0.1, 0.15) is 0 Å². The van der Waals surface area contributed by atoms with Crippen molar-refractivity contribution in [2.75, 3.05) is 12.8 Å². The summed E-state index contributed by atoms with van der Waals surface area (Å²) in [5.41, 5.74) is 1.00. The Hall–Kier alpha value is -1.35. The van der Waals surface area contributed by atoms with Crippen molar-refractivity contribution in [2.24, 2.45) is 0 Å². The molecule has 1 amide bonds. The summed E-state index contributed by atoms with van der Waals surface area (Å²) >= 11 is 4.92. The third-order valence-corrected chi connectivity index (χ3v) is 6.17. The maximum absolute atomic E-state index is 12.1. The lowest BCUT2D eigenvalue weighted by molar-refractivity contribution is -0.121. The molecule has 2 aromatic rings. The molecule has 0 aliphatic rings. The van der Waals surface area contributed by atoms with Gasteiger partial charge in [-0.15, -0.1) is 11.8 Å². The van der Waals surface area contributed by atoms with Crippen molar-refractivity contribution in [3.63, 3.8) is 0 Å². The zero-order chi connectivity index (χ0) is 18.3. The number of hydrogen-bond acceptors (Lipinski definition) is 4. The second-order valence-electron chi connectivity index (χ2n) is 5.23. The van der Waals surface area contributed by atoms with Gasteiger partial charge in [0, 0.05) is 28.9 Å². The molecule has 0 aliphatic heterocycles. The molecule has 0 unspecified atom stereocenters. The van der Waals surface area contributed by atoms with Gasteiger partial charge in [-0.3, -0.25) is 4.79 Å². The minimum Gasteiger partial charge on any atom is -0.352 e. The Morgan fingerprint density at radius 3 is 2.32 bits per heavy atom. The van der Waals surface area contributed by atoms with Crippen molar-refractivity contribution < 1.29 is 13.2 Å². The summed E-state index contributed by atoms with van der Waals surface area (Å²) in [6.07, 6.45) is 2.09. The third kappa shape index (κ3) is 6.47. The number of carbonyl (C=O) groups excluding carboxylic acids is 1. The Kier molecular flexibility index (Phi) is 7.49. The zero-order valence-corrected chi connectivity index (χ0v) is 16.9. The number of nitrogens with one attached hydrogen (secondary N) is 2. The number of carbonyl (C=O) groups is 1. The average Bonchev–Trinajstić information content (AvgIpc) is 2.60. The number of halogens is 1. The Bertz CT molecular complexity index is 807. The molecule has 0 saturated heterocycles. The fourth-order valence-corrected chi connectivity index (χ4v) is 3.73. The molecule has 0 atom stereocenters. The van der Waals surface area contributed by atoms with E-state index in [0.29, 0.717) is 6.54 Å². The highest BCUT2D eigenvalue weighted by Crippen LogP contribution is 2.15. The Balaban J connectivity index is 1.76. The summed E-state index contributed by atoms with van der Waals surface area (Å²) in [5.74, 6) is -0.201. The van der Waals surface area contributed by atoms with Crippen LogP contribution >= 0.6 is 27.7 Å². The van der Waals surface area contributed by atoms with Crippen LogP contribution in [0.1, 0.15) is 12.0 Å².